The number of nitrogens with one attached hydrogen (secondary N) is 4. The van der Waals surface area contributed by atoms with Crippen LogP contribution in [0.5, 0.6) is 0 Å². The molecule has 0 aliphatic heterocycles. The normalized spacial score (nSPS) is 11.3. The van der Waals surface area contributed by atoms with Crippen LogP contribution in [0.3, 0.4) is 0 Å². The SMILES string of the molecule is Cc1cc(Nc2nc(NCc3cc(C(=O)Nc4cc(F)ccc4F)c(Cl)cn3)nc3c2cnn3C(C)C)n[nH]1. The van der Waals surface area contributed by atoms with E-state index in [4.69, 9.17) is 11.6 Å². The zero-order valence-electron chi connectivity index (χ0n) is 21.1. The number of carbonyl (C=O) groups excluding carboxylic acids is 1. The first-order valence-corrected chi connectivity index (χ1v) is 12.2. The minimum absolute atomic E-state index is 0.0395. The Morgan fingerprint density at radius 3 is 2.72 bits per heavy atom. The number of anilines is 4. The summed E-state index contributed by atoms with van der Waals surface area (Å²) in [7, 11) is 0. The van der Waals surface area contributed by atoms with E-state index >= 15 is 0 Å². The molecule has 0 bridgehead atoms. The molecule has 4 heterocycles. The van der Waals surface area contributed by atoms with Crippen LogP contribution in [-0.2, 0) is 6.54 Å². The first kappa shape index (κ1) is 26.0. The Labute approximate surface area is 226 Å². The molecular weight excluding hydrogens is 530 g/mol. The molecule has 14 heteroatoms. The minimum atomic E-state index is -0.778. The van der Waals surface area contributed by atoms with E-state index in [0.29, 0.717) is 28.4 Å². The number of H-pyrrole nitrogens is 1. The van der Waals surface area contributed by atoms with Crippen LogP contribution in [0.15, 0.2) is 42.7 Å². The van der Waals surface area contributed by atoms with Crippen LogP contribution < -0.4 is 16.0 Å². The maximum absolute atomic E-state index is 14.0. The second kappa shape index (κ2) is 10.6. The molecule has 0 unspecified atom stereocenters. The van der Waals surface area contributed by atoms with Gasteiger partial charge in [0.1, 0.15) is 17.5 Å². The monoisotopic (exact) mass is 552 g/mol. The molecule has 11 nitrogen and oxygen atoms in total. The fraction of sp³-hybridized carbons (Fsp3) is 0.200. The summed E-state index contributed by atoms with van der Waals surface area (Å²) >= 11 is 6.18. The molecule has 0 fully saturated rings. The topological polar surface area (TPSA) is 138 Å². The van der Waals surface area contributed by atoms with E-state index in [1.54, 1.807) is 10.9 Å². The lowest BCUT2D eigenvalue weighted by Gasteiger charge is -2.12. The molecule has 0 aliphatic rings. The van der Waals surface area contributed by atoms with Crippen molar-refractivity contribution < 1.29 is 13.6 Å². The highest BCUT2D eigenvalue weighted by molar-refractivity contribution is 6.34. The third-order valence-electron chi connectivity index (χ3n) is 5.66. The number of pyridine rings is 1. The van der Waals surface area contributed by atoms with E-state index in [0.717, 1.165) is 23.9 Å². The Morgan fingerprint density at radius 2 is 1.97 bits per heavy atom. The maximum Gasteiger partial charge on any atom is 0.257 e. The average molecular weight is 553 g/mol. The van der Waals surface area contributed by atoms with Crippen molar-refractivity contribution in [2.24, 2.45) is 0 Å². The van der Waals surface area contributed by atoms with Crippen molar-refractivity contribution in [1.82, 2.24) is 34.9 Å². The Morgan fingerprint density at radius 1 is 1.15 bits per heavy atom. The summed E-state index contributed by atoms with van der Waals surface area (Å²) in [5, 5.41) is 20.9. The van der Waals surface area contributed by atoms with Crippen molar-refractivity contribution in [3.8, 4) is 0 Å². The van der Waals surface area contributed by atoms with Gasteiger partial charge in [-0.2, -0.15) is 20.2 Å². The number of fused-ring (bicyclic) bond motifs is 1. The number of nitrogens with zero attached hydrogens (tertiary/aromatic N) is 6. The standard InChI is InChI=1S/C25H23ClF2N10O/c1-12(2)38-23-17(10-31-38)22(33-21-6-13(3)36-37-21)34-25(35-23)30-9-15-8-16(18(26)11-29-15)24(39)32-20-7-14(27)4-5-19(20)28/h4-8,10-12H,9H2,1-3H3,(H,32,39)(H3,30,33,34,35,36,37). The third-order valence-corrected chi connectivity index (χ3v) is 5.96. The minimum Gasteiger partial charge on any atom is -0.348 e. The average Bonchev–Trinajstić information content (AvgIpc) is 3.51. The number of benzene rings is 1. The highest BCUT2D eigenvalue weighted by Crippen LogP contribution is 2.27. The van der Waals surface area contributed by atoms with Gasteiger partial charge < -0.3 is 16.0 Å². The molecule has 4 aromatic heterocycles. The fourth-order valence-corrected chi connectivity index (χ4v) is 3.98. The number of hydrogen-bond acceptors (Lipinski definition) is 8. The van der Waals surface area contributed by atoms with E-state index in [1.807, 2.05) is 26.8 Å². The molecule has 0 saturated carbocycles. The molecule has 4 N–H and O–H groups in total. The molecule has 1 aromatic carbocycles. The van der Waals surface area contributed by atoms with Crippen LogP contribution in [0.4, 0.5) is 32.1 Å². The summed E-state index contributed by atoms with van der Waals surface area (Å²) in [5.41, 5.74) is 1.66. The van der Waals surface area contributed by atoms with E-state index in [2.05, 4.69) is 46.2 Å². The highest BCUT2D eigenvalue weighted by atomic mass is 35.5. The van der Waals surface area contributed by atoms with Gasteiger partial charge in [-0.3, -0.25) is 14.9 Å². The molecule has 200 valence electrons. The number of halogens is 3. The number of aromatic amines is 1. The second-order valence-electron chi connectivity index (χ2n) is 8.96. The van der Waals surface area contributed by atoms with E-state index in [1.165, 1.54) is 12.3 Å². The highest BCUT2D eigenvalue weighted by Gasteiger charge is 2.18. The van der Waals surface area contributed by atoms with Gasteiger partial charge in [0, 0.05) is 30.1 Å². The van der Waals surface area contributed by atoms with Gasteiger partial charge in [0.25, 0.3) is 5.91 Å². The van der Waals surface area contributed by atoms with E-state index in [9.17, 15) is 13.6 Å². The lowest BCUT2D eigenvalue weighted by Crippen LogP contribution is -2.15. The lowest BCUT2D eigenvalue weighted by molar-refractivity contribution is 0.102. The lowest BCUT2D eigenvalue weighted by atomic mass is 10.2. The number of aryl methyl sites for hydroxylation is 1. The largest absolute Gasteiger partial charge is 0.348 e. The van der Waals surface area contributed by atoms with Crippen LogP contribution >= 0.6 is 11.6 Å². The van der Waals surface area contributed by atoms with Crippen molar-refractivity contribution in [2.75, 3.05) is 16.0 Å². The quantitative estimate of drug-likeness (QED) is 0.201. The van der Waals surface area contributed by atoms with Gasteiger partial charge in [-0.15, -0.1) is 0 Å². The Bertz CT molecular complexity index is 1680. The number of amides is 1. The van der Waals surface area contributed by atoms with Gasteiger partial charge in [0.05, 0.1) is 40.1 Å². The molecule has 39 heavy (non-hydrogen) atoms. The van der Waals surface area contributed by atoms with Gasteiger partial charge in [0.2, 0.25) is 5.95 Å². The summed E-state index contributed by atoms with van der Waals surface area (Å²) < 4.78 is 29.3. The van der Waals surface area contributed by atoms with Crippen molar-refractivity contribution in [3.63, 3.8) is 0 Å². The zero-order chi connectivity index (χ0) is 27.7. The van der Waals surface area contributed by atoms with Crippen molar-refractivity contribution in [3.05, 3.63) is 76.3 Å². The van der Waals surface area contributed by atoms with Gasteiger partial charge >= 0.3 is 0 Å². The van der Waals surface area contributed by atoms with Crippen LogP contribution in [0.1, 0.15) is 41.6 Å². The van der Waals surface area contributed by atoms with Crippen molar-refractivity contribution >= 4 is 51.8 Å². The second-order valence-corrected chi connectivity index (χ2v) is 9.37. The Hall–Kier alpha value is -4.65. The van der Waals surface area contributed by atoms with Crippen LogP contribution in [-0.4, -0.2) is 40.8 Å². The van der Waals surface area contributed by atoms with Crippen LogP contribution in [0, 0.1) is 18.6 Å². The molecule has 0 radical (unpaired) electrons. The van der Waals surface area contributed by atoms with Gasteiger partial charge in [-0.05, 0) is 39.0 Å². The molecule has 1 amide bonds. The van der Waals surface area contributed by atoms with Crippen LogP contribution in [0.25, 0.3) is 11.0 Å². The molecule has 0 saturated heterocycles. The predicted octanol–water partition coefficient (Wildman–Crippen LogP) is 5.37. The first-order chi connectivity index (χ1) is 18.7. The molecule has 5 aromatic rings. The molecule has 0 aliphatic carbocycles. The molecular formula is C25H23ClF2N10O. The Kier molecular flexibility index (Phi) is 7.07. The summed E-state index contributed by atoms with van der Waals surface area (Å²) in [5.74, 6) is -0.816. The van der Waals surface area contributed by atoms with E-state index in [-0.39, 0.29) is 34.8 Å². The maximum atomic E-state index is 14.0. The summed E-state index contributed by atoms with van der Waals surface area (Å²) in [6.45, 7) is 6.01. The summed E-state index contributed by atoms with van der Waals surface area (Å²) in [6, 6.07) is 6.10. The fourth-order valence-electron chi connectivity index (χ4n) is 3.79. The zero-order valence-corrected chi connectivity index (χ0v) is 21.8. The van der Waals surface area contributed by atoms with Gasteiger partial charge in [-0.25, -0.2) is 13.5 Å². The van der Waals surface area contributed by atoms with Gasteiger partial charge in [0.15, 0.2) is 11.5 Å². The van der Waals surface area contributed by atoms with Gasteiger partial charge in [-0.1, -0.05) is 11.6 Å². The Balaban J connectivity index is 1.40. The first-order valence-electron chi connectivity index (χ1n) is 11.9. The number of carbonyl (C=O) groups is 1. The summed E-state index contributed by atoms with van der Waals surface area (Å²) in [4.78, 5) is 26.3. The smallest absolute Gasteiger partial charge is 0.257 e. The molecule has 5 rings (SSSR count). The van der Waals surface area contributed by atoms with E-state index < -0.39 is 17.5 Å². The molecule has 0 spiro atoms. The van der Waals surface area contributed by atoms with Crippen molar-refractivity contribution in [1.29, 1.82) is 0 Å². The third kappa shape index (κ3) is 5.62. The van der Waals surface area contributed by atoms with Crippen molar-refractivity contribution in [2.45, 2.75) is 33.4 Å². The number of aromatic nitrogens is 7. The van der Waals surface area contributed by atoms with Crippen LogP contribution in [0.2, 0.25) is 5.02 Å². The number of rotatable bonds is 8. The predicted molar refractivity (Wildman–Crippen MR) is 143 cm³/mol. The number of hydrogen-bond donors (Lipinski definition) is 4. The molecule has 0 atom stereocenters. The summed E-state index contributed by atoms with van der Waals surface area (Å²) in [6.07, 6.45) is 2.99.